The molecule has 1 N–H and O–H groups in total. The number of ether oxygens (including phenoxy) is 2. The molecule has 0 spiro atoms. The lowest BCUT2D eigenvalue weighted by atomic mass is 10.1. The Morgan fingerprint density at radius 3 is 2.16 bits per heavy atom. The molecule has 2 aromatic rings. The molecule has 0 aliphatic rings. The van der Waals surface area contributed by atoms with Crippen LogP contribution in [0.4, 0.5) is 42.1 Å². The fourth-order valence-corrected chi connectivity index (χ4v) is 2.97. The first-order valence-corrected chi connectivity index (χ1v) is 9.87. The maximum absolute atomic E-state index is 13.3. The molecule has 0 aromatic heterocycles. The number of nitro benzene ring substituents is 2. The number of non-ortho nitro benzene ring substituents is 1. The molecule has 11 nitrogen and oxygen atoms in total. The van der Waals surface area contributed by atoms with Crippen LogP contribution in [0.2, 0.25) is 0 Å². The van der Waals surface area contributed by atoms with E-state index in [-0.39, 0.29) is 21.5 Å². The molecule has 2 rings (SSSR count). The summed E-state index contributed by atoms with van der Waals surface area (Å²) < 4.78 is 99.5. The Balaban J connectivity index is 2.32. The Morgan fingerprint density at radius 2 is 1.65 bits per heavy atom. The number of hydrogen-bond acceptors (Lipinski definition) is 8. The molecule has 2 aromatic carbocycles. The first-order valence-electron chi connectivity index (χ1n) is 9.08. The van der Waals surface area contributed by atoms with Gasteiger partial charge < -0.3 is 9.47 Å². The van der Waals surface area contributed by atoms with Crippen molar-refractivity contribution in [2.45, 2.75) is 18.0 Å². The number of methoxy groups -OCH3 is 1. The summed E-state index contributed by atoms with van der Waals surface area (Å²) in [6.45, 7) is 0. The smallest absolute Gasteiger partial charge is 0.460 e. The van der Waals surface area contributed by atoms with Gasteiger partial charge in [0, 0.05) is 6.07 Å². The number of alkyl halides is 7. The summed E-state index contributed by atoms with van der Waals surface area (Å²) in [5.41, 5.74) is -0.616. The van der Waals surface area contributed by atoms with Crippen molar-refractivity contribution in [1.82, 2.24) is 5.43 Å². The summed E-state index contributed by atoms with van der Waals surface area (Å²) in [5.74, 6) is -16.8. The molecule has 0 bridgehead atoms. The van der Waals surface area contributed by atoms with E-state index in [1.165, 1.54) is 0 Å². The number of carbonyl (C=O) groups is 1. The first kappa shape index (κ1) is 29.2. The van der Waals surface area contributed by atoms with Crippen molar-refractivity contribution in [2.75, 3.05) is 7.11 Å². The number of nitrogens with zero attached hydrogens (tertiary/aromatic N) is 3. The van der Waals surface area contributed by atoms with Crippen LogP contribution < -0.4 is 14.9 Å². The number of rotatable bonds is 9. The van der Waals surface area contributed by atoms with Crippen LogP contribution in [0.25, 0.3) is 0 Å². The fraction of sp³-hybridized carbons (Fsp3) is 0.222. The minimum Gasteiger partial charge on any atom is -0.493 e. The van der Waals surface area contributed by atoms with Crippen LogP contribution in [0.5, 0.6) is 17.2 Å². The van der Waals surface area contributed by atoms with E-state index in [1.807, 2.05) is 0 Å². The molecule has 0 radical (unpaired) electrons. The third kappa shape index (κ3) is 6.04. The predicted molar refractivity (Wildman–Crippen MR) is 112 cm³/mol. The number of nitro groups is 2. The van der Waals surface area contributed by atoms with Crippen molar-refractivity contribution in [1.29, 1.82) is 0 Å². The number of benzene rings is 2. The minimum atomic E-state index is -6.72. The van der Waals surface area contributed by atoms with E-state index in [0.29, 0.717) is 12.3 Å². The van der Waals surface area contributed by atoms with Gasteiger partial charge in [-0.1, -0.05) is 0 Å². The highest BCUT2D eigenvalue weighted by Gasteiger charge is 2.76. The van der Waals surface area contributed by atoms with Gasteiger partial charge in [0.2, 0.25) is 5.75 Å². The van der Waals surface area contributed by atoms with Crippen LogP contribution in [0.15, 0.2) is 39.9 Å². The summed E-state index contributed by atoms with van der Waals surface area (Å²) in [7, 11) is 1.10. The second-order valence-electron chi connectivity index (χ2n) is 6.65. The van der Waals surface area contributed by atoms with Gasteiger partial charge in [0.25, 0.3) is 5.69 Å². The minimum absolute atomic E-state index is 0.0405. The maximum atomic E-state index is 13.3. The molecule has 0 heterocycles. The number of nitrogens with one attached hydrogen (secondary N) is 1. The highest BCUT2D eigenvalue weighted by Crippen LogP contribution is 2.46. The van der Waals surface area contributed by atoms with Gasteiger partial charge in [0.15, 0.2) is 11.5 Å². The number of amides is 1. The third-order valence-electron chi connectivity index (χ3n) is 4.23. The summed E-state index contributed by atoms with van der Waals surface area (Å²) in [4.78, 5) is 31.6. The summed E-state index contributed by atoms with van der Waals surface area (Å²) in [6.07, 6.45) is -6.14. The lowest BCUT2D eigenvalue weighted by Gasteiger charge is -2.26. The Kier molecular flexibility index (Phi) is 8.31. The molecule has 200 valence electrons. The molecule has 0 saturated heterocycles. The first-order chi connectivity index (χ1) is 16.9. The molecule has 19 heteroatoms. The van der Waals surface area contributed by atoms with Crippen LogP contribution >= 0.6 is 15.9 Å². The van der Waals surface area contributed by atoms with Crippen molar-refractivity contribution in [3.05, 3.63) is 60.6 Å². The fourth-order valence-electron chi connectivity index (χ4n) is 2.43. The second kappa shape index (κ2) is 10.5. The third-order valence-corrected chi connectivity index (χ3v) is 4.82. The van der Waals surface area contributed by atoms with Gasteiger partial charge >= 0.3 is 29.6 Å². The highest BCUT2D eigenvalue weighted by atomic mass is 79.9. The Labute approximate surface area is 208 Å². The largest absolute Gasteiger partial charge is 0.493 e. The Bertz CT molecular complexity index is 1270. The van der Waals surface area contributed by atoms with E-state index in [4.69, 9.17) is 9.47 Å². The van der Waals surface area contributed by atoms with Crippen molar-refractivity contribution >= 4 is 39.4 Å². The normalized spacial score (nSPS) is 12.4. The Morgan fingerprint density at radius 1 is 1.03 bits per heavy atom. The van der Waals surface area contributed by atoms with Gasteiger partial charge in [0.05, 0.1) is 33.7 Å². The lowest BCUT2D eigenvalue weighted by Crippen LogP contribution is -2.58. The second-order valence-corrected chi connectivity index (χ2v) is 7.50. The lowest BCUT2D eigenvalue weighted by molar-refractivity contribution is -0.394. The monoisotopic (exact) mass is 606 g/mol. The average Bonchev–Trinajstić information content (AvgIpc) is 2.79. The van der Waals surface area contributed by atoms with Crippen molar-refractivity contribution in [3.63, 3.8) is 0 Å². The number of halogens is 8. The molecule has 0 unspecified atom stereocenters. The topological polar surface area (TPSA) is 146 Å². The summed E-state index contributed by atoms with van der Waals surface area (Å²) in [5, 5.41) is 25.1. The zero-order valence-electron chi connectivity index (χ0n) is 17.7. The molecule has 0 atom stereocenters. The van der Waals surface area contributed by atoms with Crippen LogP contribution in [-0.2, 0) is 4.79 Å². The van der Waals surface area contributed by atoms with Crippen LogP contribution in [0.3, 0.4) is 0 Å². The molecule has 0 aliphatic heterocycles. The van der Waals surface area contributed by atoms with Crippen LogP contribution in [0.1, 0.15) is 5.56 Å². The van der Waals surface area contributed by atoms with E-state index in [9.17, 15) is 55.8 Å². The predicted octanol–water partition coefficient (Wildman–Crippen LogP) is 5.35. The van der Waals surface area contributed by atoms with Gasteiger partial charge in [-0.2, -0.15) is 35.8 Å². The van der Waals surface area contributed by atoms with Crippen molar-refractivity contribution in [3.8, 4) is 17.2 Å². The van der Waals surface area contributed by atoms with Gasteiger partial charge in [0.1, 0.15) is 0 Å². The summed E-state index contributed by atoms with van der Waals surface area (Å²) >= 11 is 3.02. The van der Waals surface area contributed by atoms with Crippen LogP contribution in [-0.4, -0.2) is 47.1 Å². The Hall–Kier alpha value is -4.03. The summed E-state index contributed by atoms with van der Waals surface area (Å²) in [6, 6.07) is 4.65. The SMILES string of the molecule is COc1cc(/C=N/NC(=O)C(F)(F)C(F)(F)C(F)(F)F)cc(Br)c1Oc1ccc([N+](=O)[O-])cc1[N+](=O)[O-]. The van der Waals surface area contributed by atoms with Gasteiger partial charge in [-0.05, 0) is 39.7 Å². The molecular weight excluding hydrogens is 597 g/mol. The van der Waals surface area contributed by atoms with Gasteiger partial charge in [-0.3, -0.25) is 25.0 Å². The molecular formula is C18H10BrF7N4O7. The van der Waals surface area contributed by atoms with Gasteiger partial charge in [-0.25, -0.2) is 5.43 Å². The van der Waals surface area contributed by atoms with E-state index >= 15 is 0 Å². The molecule has 1 amide bonds. The highest BCUT2D eigenvalue weighted by molar-refractivity contribution is 9.10. The number of hydrazone groups is 1. The van der Waals surface area contributed by atoms with E-state index in [2.05, 4.69) is 21.0 Å². The van der Waals surface area contributed by atoms with Crippen molar-refractivity contribution in [2.24, 2.45) is 5.10 Å². The standard InChI is InChI=1S/C18H10BrF7N4O7/c1-36-13-5-8(7-27-28-15(31)16(20,21)17(22,23)18(24,25)26)4-10(19)14(13)37-12-3-2-9(29(32)33)6-11(12)30(34)35/h2-7H,1H3,(H,28,31)/b27-7+. The zero-order chi connectivity index (χ0) is 28.3. The number of hydrogen-bond donors (Lipinski definition) is 1. The van der Waals surface area contributed by atoms with Crippen LogP contribution in [0, 0.1) is 20.2 Å². The molecule has 0 aliphatic carbocycles. The van der Waals surface area contributed by atoms with Gasteiger partial charge in [-0.15, -0.1) is 0 Å². The molecule has 0 saturated carbocycles. The molecule has 0 fully saturated rings. The zero-order valence-corrected chi connectivity index (χ0v) is 19.3. The van der Waals surface area contributed by atoms with E-state index in [1.54, 1.807) is 0 Å². The van der Waals surface area contributed by atoms with E-state index in [0.717, 1.165) is 36.8 Å². The number of carbonyl (C=O) groups excluding carboxylic acids is 1. The molecule has 37 heavy (non-hydrogen) atoms. The quantitative estimate of drug-likeness (QED) is 0.175. The average molecular weight is 607 g/mol. The van der Waals surface area contributed by atoms with Crippen molar-refractivity contribution < 1.29 is 54.8 Å². The van der Waals surface area contributed by atoms with E-state index < -0.39 is 50.9 Å². The maximum Gasteiger partial charge on any atom is 0.460 e.